The predicted octanol–water partition coefficient (Wildman–Crippen LogP) is 2.35. The minimum Gasteiger partial charge on any atom is -0.455 e. The highest BCUT2D eigenvalue weighted by molar-refractivity contribution is 7.09. The molecule has 0 unspecified atom stereocenters. The molecule has 1 aromatic carbocycles. The third-order valence-electron chi connectivity index (χ3n) is 3.08. The summed E-state index contributed by atoms with van der Waals surface area (Å²) in [6.45, 7) is 0.204. The molecule has 0 N–H and O–H groups in total. The fourth-order valence-corrected chi connectivity index (χ4v) is 2.67. The van der Waals surface area contributed by atoms with E-state index in [9.17, 15) is 9.59 Å². The summed E-state index contributed by atoms with van der Waals surface area (Å²) in [6, 6.07) is 10.7. The molecule has 0 amide bonds. The maximum Gasteiger partial charge on any atom is 0.359 e. The summed E-state index contributed by atoms with van der Waals surface area (Å²) in [5.74, 6) is -0.532. The Balaban J connectivity index is 1.98. The molecule has 2 aromatic heterocycles. The van der Waals surface area contributed by atoms with E-state index in [1.165, 1.54) is 18.4 Å². The lowest BCUT2D eigenvalue weighted by atomic mass is 10.1. The molecule has 2 heterocycles. The van der Waals surface area contributed by atoms with Crippen molar-refractivity contribution in [3.63, 3.8) is 0 Å². The largest absolute Gasteiger partial charge is 0.455 e. The van der Waals surface area contributed by atoms with Gasteiger partial charge in [0.2, 0.25) is 0 Å². The normalized spacial score (nSPS) is 10.7. The van der Waals surface area contributed by atoms with Gasteiger partial charge in [-0.1, -0.05) is 24.3 Å². The maximum atomic E-state index is 12.2. The van der Waals surface area contributed by atoms with Gasteiger partial charge in [0.15, 0.2) is 5.69 Å². The van der Waals surface area contributed by atoms with Crippen molar-refractivity contribution in [2.45, 2.75) is 6.61 Å². The number of aromatic nitrogens is 2. The third kappa shape index (κ3) is 2.57. The van der Waals surface area contributed by atoms with E-state index in [0.717, 1.165) is 9.56 Å². The van der Waals surface area contributed by atoms with Crippen LogP contribution in [0.15, 0.2) is 46.6 Å². The first-order chi connectivity index (χ1) is 10.2. The summed E-state index contributed by atoms with van der Waals surface area (Å²) in [7, 11) is 1.52. The van der Waals surface area contributed by atoms with Gasteiger partial charge in [-0.2, -0.15) is 5.10 Å². The zero-order valence-electron chi connectivity index (χ0n) is 11.3. The van der Waals surface area contributed by atoms with Crippen LogP contribution in [0.5, 0.6) is 0 Å². The van der Waals surface area contributed by atoms with Gasteiger partial charge in [-0.05, 0) is 17.5 Å². The van der Waals surface area contributed by atoms with Crippen LogP contribution in [0.25, 0.3) is 10.8 Å². The Bertz CT molecular complexity index is 853. The number of carbonyl (C=O) groups excluding carboxylic acids is 1. The number of hydrogen-bond acceptors (Lipinski definition) is 5. The van der Waals surface area contributed by atoms with Gasteiger partial charge in [0.25, 0.3) is 5.56 Å². The van der Waals surface area contributed by atoms with Crippen LogP contribution >= 0.6 is 11.3 Å². The van der Waals surface area contributed by atoms with E-state index in [2.05, 4.69) is 5.10 Å². The minimum atomic E-state index is -0.532. The van der Waals surface area contributed by atoms with Crippen LogP contribution in [0.1, 0.15) is 15.4 Å². The van der Waals surface area contributed by atoms with Gasteiger partial charge in [0, 0.05) is 17.3 Å². The third-order valence-corrected chi connectivity index (χ3v) is 3.93. The number of carbonyl (C=O) groups is 1. The molecule has 0 fully saturated rings. The highest BCUT2D eigenvalue weighted by Crippen LogP contribution is 2.16. The fourth-order valence-electron chi connectivity index (χ4n) is 2.05. The first-order valence-electron chi connectivity index (χ1n) is 6.32. The average molecular weight is 300 g/mol. The molecular weight excluding hydrogens is 288 g/mol. The number of nitrogens with zero attached hydrogens (tertiary/aromatic N) is 2. The summed E-state index contributed by atoms with van der Waals surface area (Å²) in [4.78, 5) is 25.2. The monoisotopic (exact) mass is 300 g/mol. The van der Waals surface area contributed by atoms with Crippen molar-refractivity contribution in [3.05, 3.63) is 62.7 Å². The first-order valence-corrected chi connectivity index (χ1v) is 7.20. The molecule has 0 saturated heterocycles. The molecule has 0 atom stereocenters. The summed E-state index contributed by atoms with van der Waals surface area (Å²) >= 11 is 1.52. The molecule has 0 aliphatic rings. The van der Waals surface area contributed by atoms with Crippen molar-refractivity contribution in [1.82, 2.24) is 9.78 Å². The lowest BCUT2D eigenvalue weighted by Crippen LogP contribution is -2.23. The van der Waals surface area contributed by atoms with Gasteiger partial charge >= 0.3 is 5.97 Å². The maximum absolute atomic E-state index is 12.2. The summed E-state index contributed by atoms with van der Waals surface area (Å²) in [6.07, 6.45) is 0. The van der Waals surface area contributed by atoms with Crippen LogP contribution in [0.2, 0.25) is 0 Å². The van der Waals surface area contributed by atoms with Gasteiger partial charge in [-0.3, -0.25) is 4.79 Å². The number of hydrogen-bond donors (Lipinski definition) is 0. The Morgan fingerprint density at radius 2 is 2.00 bits per heavy atom. The van der Waals surface area contributed by atoms with Crippen molar-refractivity contribution < 1.29 is 9.53 Å². The smallest absolute Gasteiger partial charge is 0.359 e. The summed E-state index contributed by atoms with van der Waals surface area (Å²) < 4.78 is 6.43. The number of rotatable bonds is 3. The van der Waals surface area contributed by atoms with Gasteiger partial charge in [0.05, 0.1) is 5.39 Å². The molecule has 0 saturated carbocycles. The molecule has 6 heteroatoms. The number of benzene rings is 1. The molecule has 0 bridgehead atoms. The van der Waals surface area contributed by atoms with Crippen LogP contribution < -0.4 is 5.56 Å². The van der Waals surface area contributed by atoms with Crippen LogP contribution in [-0.2, 0) is 18.4 Å². The Morgan fingerprint density at radius 3 is 2.71 bits per heavy atom. The van der Waals surface area contributed by atoms with E-state index in [1.54, 1.807) is 24.3 Å². The van der Waals surface area contributed by atoms with Crippen molar-refractivity contribution in [3.8, 4) is 0 Å². The molecule has 106 valence electrons. The predicted molar refractivity (Wildman–Crippen MR) is 80.4 cm³/mol. The molecule has 0 spiro atoms. The van der Waals surface area contributed by atoms with E-state index in [1.807, 2.05) is 17.5 Å². The molecular formula is C15H12N2O3S. The number of thiophene rings is 1. The second-order valence-electron chi connectivity index (χ2n) is 4.48. The van der Waals surface area contributed by atoms with E-state index in [0.29, 0.717) is 10.8 Å². The molecule has 21 heavy (non-hydrogen) atoms. The Morgan fingerprint density at radius 1 is 1.24 bits per heavy atom. The summed E-state index contributed by atoms with van der Waals surface area (Å²) in [5.41, 5.74) is -0.0790. The standard InChI is InChI=1S/C15H12N2O3S/c1-17-14(18)12-7-3-2-6-11(12)13(16-17)15(19)20-9-10-5-4-8-21-10/h2-8H,9H2,1H3. The Kier molecular flexibility index (Phi) is 3.53. The quantitative estimate of drug-likeness (QED) is 0.697. The highest BCUT2D eigenvalue weighted by Gasteiger charge is 2.16. The molecule has 0 aliphatic heterocycles. The van der Waals surface area contributed by atoms with Crippen molar-refractivity contribution >= 4 is 28.1 Å². The number of aryl methyl sites for hydroxylation is 1. The average Bonchev–Trinajstić information content (AvgIpc) is 3.02. The van der Waals surface area contributed by atoms with E-state index < -0.39 is 5.97 Å². The van der Waals surface area contributed by atoms with Crippen molar-refractivity contribution in [2.24, 2.45) is 7.05 Å². The van der Waals surface area contributed by atoms with Gasteiger partial charge in [0.1, 0.15) is 6.61 Å². The van der Waals surface area contributed by atoms with E-state index in [-0.39, 0.29) is 17.9 Å². The molecule has 0 radical (unpaired) electrons. The highest BCUT2D eigenvalue weighted by atomic mass is 32.1. The van der Waals surface area contributed by atoms with Gasteiger partial charge in [-0.15, -0.1) is 11.3 Å². The van der Waals surface area contributed by atoms with Crippen LogP contribution in [0, 0.1) is 0 Å². The number of fused-ring (bicyclic) bond motifs is 1. The SMILES string of the molecule is Cn1nc(C(=O)OCc2cccs2)c2ccccc2c1=O. The lowest BCUT2D eigenvalue weighted by Gasteiger charge is -2.07. The summed E-state index contributed by atoms with van der Waals surface area (Å²) in [5, 5.41) is 6.92. The molecule has 5 nitrogen and oxygen atoms in total. The van der Waals surface area contributed by atoms with Crippen LogP contribution in [0.3, 0.4) is 0 Å². The number of esters is 1. The molecule has 0 aliphatic carbocycles. The Hall–Kier alpha value is -2.47. The fraction of sp³-hybridized carbons (Fsp3) is 0.133. The van der Waals surface area contributed by atoms with Gasteiger partial charge in [-0.25, -0.2) is 9.48 Å². The lowest BCUT2D eigenvalue weighted by molar-refractivity contribution is 0.0469. The number of ether oxygens (including phenoxy) is 1. The molecule has 3 rings (SSSR count). The minimum absolute atomic E-state index is 0.157. The van der Waals surface area contributed by atoms with Gasteiger partial charge < -0.3 is 4.74 Å². The second-order valence-corrected chi connectivity index (χ2v) is 5.51. The van der Waals surface area contributed by atoms with Crippen molar-refractivity contribution in [2.75, 3.05) is 0 Å². The topological polar surface area (TPSA) is 61.2 Å². The first kappa shape index (κ1) is 13.5. The zero-order chi connectivity index (χ0) is 14.8. The van der Waals surface area contributed by atoms with Crippen molar-refractivity contribution in [1.29, 1.82) is 0 Å². The van der Waals surface area contributed by atoms with Crippen LogP contribution in [-0.4, -0.2) is 15.7 Å². The van der Waals surface area contributed by atoms with Crippen LogP contribution in [0.4, 0.5) is 0 Å². The zero-order valence-corrected chi connectivity index (χ0v) is 12.1. The van der Waals surface area contributed by atoms with E-state index >= 15 is 0 Å². The van der Waals surface area contributed by atoms with E-state index in [4.69, 9.17) is 4.74 Å². The Labute approximate surface area is 124 Å². The second kappa shape index (κ2) is 5.49. The molecule has 3 aromatic rings.